The van der Waals surface area contributed by atoms with Crippen LogP contribution < -0.4 is 4.74 Å². The van der Waals surface area contributed by atoms with E-state index in [-0.39, 0.29) is 5.56 Å². The second-order valence-electron chi connectivity index (χ2n) is 2.72. The van der Waals surface area contributed by atoms with E-state index in [1.165, 1.54) is 19.1 Å². The normalized spacial score (nSPS) is 11.8. The lowest BCUT2D eigenvalue weighted by Crippen LogP contribution is -2.07. The van der Waals surface area contributed by atoms with Gasteiger partial charge in [0.05, 0.1) is 0 Å². The van der Waals surface area contributed by atoms with Gasteiger partial charge in [0, 0.05) is 0 Å². The van der Waals surface area contributed by atoms with Crippen molar-refractivity contribution < 1.29 is 25.8 Å². The number of alkyl halides is 2. The minimum Gasteiger partial charge on any atom is -0.433 e. The van der Waals surface area contributed by atoms with Crippen molar-refractivity contribution in [3.63, 3.8) is 0 Å². The molecular formula is C8H7F3O3S. The lowest BCUT2D eigenvalue weighted by Gasteiger charge is -2.09. The molecule has 0 bridgehead atoms. The summed E-state index contributed by atoms with van der Waals surface area (Å²) in [5.41, 5.74) is 0.00986. The van der Waals surface area contributed by atoms with Crippen molar-refractivity contribution in [2.24, 2.45) is 0 Å². The summed E-state index contributed by atoms with van der Waals surface area (Å²) in [6.45, 7) is -1.92. The van der Waals surface area contributed by atoms with Gasteiger partial charge in [0.2, 0.25) is 0 Å². The lowest BCUT2D eigenvalue weighted by atomic mass is 10.2. The topological polar surface area (TPSA) is 43.4 Å². The minimum absolute atomic E-state index is 0.00986. The maximum atomic E-state index is 12.7. The second kappa shape index (κ2) is 4.09. The van der Waals surface area contributed by atoms with Crippen molar-refractivity contribution in [1.29, 1.82) is 0 Å². The van der Waals surface area contributed by atoms with Crippen molar-refractivity contribution in [3.8, 4) is 5.75 Å². The Hall–Kier alpha value is -1.24. The molecule has 0 saturated heterocycles. The van der Waals surface area contributed by atoms with E-state index in [0.29, 0.717) is 0 Å². The molecule has 0 aromatic heterocycles. The molecule has 0 radical (unpaired) electrons. The highest BCUT2D eigenvalue weighted by Gasteiger charge is 2.22. The van der Waals surface area contributed by atoms with Gasteiger partial charge in [0.25, 0.3) is 0 Å². The molecule has 15 heavy (non-hydrogen) atoms. The van der Waals surface area contributed by atoms with Crippen LogP contribution in [0, 0.1) is 6.92 Å². The van der Waals surface area contributed by atoms with Gasteiger partial charge in [-0.3, -0.25) is 0 Å². The molecule has 0 N–H and O–H groups in total. The van der Waals surface area contributed by atoms with Crippen LogP contribution in [0.2, 0.25) is 0 Å². The molecule has 0 fully saturated rings. The Morgan fingerprint density at radius 1 is 1.33 bits per heavy atom. The number of aryl methyl sites for hydroxylation is 1. The largest absolute Gasteiger partial charge is 0.433 e. The fourth-order valence-corrected chi connectivity index (χ4v) is 1.94. The number of hydrogen-bond acceptors (Lipinski definition) is 3. The van der Waals surface area contributed by atoms with Crippen molar-refractivity contribution >= 4 is 10.2 Å². The summed E-state index contributed by atoms with van der Waals surface area (Å²) in [6.07, 6.45) is 0. The summed E-state index contributed by atoms with van der Waals surface area (Å²) in [5, 5.41) is 0. The van der Waals surface area contributed by atoms with E-state index in [1.54, 1.807) is 0 Å². The van der Waals surface area contributed by atoms with Crippen LogP contribution in [-0.2, 0) is 10.2 Å². The first-order chi connectivity index (χ1) is 6.82. The fourth-order valence-electron chi connectivity index (χ4n) is 1.13. The van der Waals surface area contributed by atoms with Gasteiger partial charge in [-0.05, 0) is 18.6 Å². The molecule has 0 aliphatic rings. The Bertz CT molecular complexity index is 456. The fraction of sp³-hybridized carbons (Fsp3) is 0.250. The van der Waals surface area contributed by atoms with Crippen LogP contribution in [0.25, 0.3) is 0 Å². The van der Waals surface area contributed by atoms with Crippen molar-refractivity contribution in [1.82, 2.24) is 0 Å². The first-order valence-corrected chi connectivity index (χ1v) is 5.20. The highest BCUT2D eigenvalue weighted by Crippen LogP contribution is 2.29. The van der Waals surface area contributed by atoms with Gasteiger partial charge < -0.3 is 4.74 Å². The van der Waals surface area contributed by atoms with Crippen molar-refractivity contribution in [3.05, 3.63) is 23.8 Å². The van der Waals surface area contributed by atoms with Gasteiger partial charge in [-0.1, -0.05) is 12.1 Å². The van der Waals surface area contributed by atoms with Crippen LogP contribution >= 0.6 is 0 Å². The van der Waals surface area contributed by atoms with E-state index < -0.39 is 27.5 Å². The predicted octanol–water partition coefficient (Wildman–Crippen LogP) is 2.25. The van der Waals surface area contributed by atoms with Gasteiger partial charge in [-0.15, -0.1) is 3.89 Å². The Kier molecular flexibility index (Phi) is 3.23. The van der Waals surface area contributed by atoms with Crippen molar-refractivity contribution in [2.45, 2.75) is 18.4 Å². The third-order valence-electron chi connectivity index (χ3n) is 1.64. The summed E-state index contributed by atoms with van der Waals surface area (Å²) in [7, 11) is -5.07. The van der Waals surface area contributed by atoms with E-state index >= 15 is 0 Å². The molecule has 1 aromatic carbocycles. The SMILES string of the molecule is Cc1cccc(OC(F)F)c1S(=O)(=O)F. The second-order valence-corrected chi connectivity index (χ2v) is 4.00. The molecule has 0 aliphatic heterocycles. The highest BCUT2D eigenvalue weighted by atomic mass is 32.3. The van der Waals surface area contributed by atoms with Crippen LogP contribution in [0.5, 0.6) is 5.75 Å². The zero-order valence-electron chi connectivity index (χ0n) is 7.58. The summed E-state index contributed by atoms with van der Waals surface area (Å²) >= 11 is 0. The van der Waals surface area contributed by atoms with Gasteiger partial charge in [-0.2, -0.15) is 17.2 Å². The Balaban J connectivity index is 3.34. The summed E-state index contributed by atoms with van der Waals surface area (Å²) in [6, 6.07) is 3.54. The molecule has 0 aliphatic carbocycles. The summed E-state index contributed by atoms with van der Waals surface area (Å²) in [4.78, 5) is -0.856. The third-order valence-corrected chi connectivity index (χ3v) is 2.65. The first-order valence-electron chi connectivity index (χ1n) is 3.81. The molecular weight excluding hydrogens is 233 g/mol. The number of ether oxygens (including phenoxy) is 1. The molecule has 0 saturated carbocycles. The molecule has 3 nitrogen and oxygen atoms in total. The average molecular weight is 240 g/mol. The minimum atomic E-state index is -5.07. The smallest absolute Gasteiger partial charge is 0.387 e. The van der Waals surface area contributed by atoms with Crippen LogP contribution in [0.15, 0.2) is 23.1 Å². The zero-order valence-corrected chi connectivity index (χ0v) is 8.39. The molecule has 1 rings (SSSR count). The predicted molar refractivity (Wildman–Crippen MR) is 46.1 cm³/mol. The zero-order chi connectivity index (χ0) is 11.6. The van der Waals surface area contributed by atoms with Crippen LogP contribution in [0.4, 0.5) is 12.7 Å². The maximum Gasteiger partial charge on any atom is 0.387 e. The Morgan fingerprint density at radius 3 is 2.40 bits per heavy atom. The highest BCUT2D eigenvalue weighted by molar-refractivity contribution is 7.86. The molecule has 7 heteroatoms. The molecule has 0 unspecified atom stereocenters. The van der Waals surface area contributed by atoms with Crippen LogP contribution in [0.1, 0.15) is 5.56 Å². The van der Waals surface area contributed by atoms with Gasteiger partial charge in [-0.25, -0.2) is 0 Å². The Morgan fingerprint density at radius 2 is 1.93 bits per heavy atom. The van der Waals surface area contributed by atoms with Crippen molar-refractivity contribution in [2.75, 3.05) is 0 Å². The van der Waals surface area contributed by atoms with Gasteiger partial charge >= 0.3 is 16.8 Å². The molecule has 0 heterocycles. The van der Waals surface area contributed by atoms with E-state index in [0.717, 1.165) is 6.07 Å². The third kappa shape index (κ3) is 2.85. The van der Waals surface area contributed by atoms with E-state index in [1.807, 2.05) is 0 Å². The van der Waals surface area contributed by atoms with Crippen LogP contribution in [0.3, 0.4) is 0 Å². The average Bonchev–Trinajstić information content (AvgIpc) is 1.99. The quantitative estimate of drug-likeness (QED) is 0.761. The molecule has 0 atom stereocenters. The molecule has 0 spiro atoms. The van der Waals surface area contributed by atoms with Crippen LogP contribution in [-0.4, -0.2) is 15.0 Å². The van der Waals surface area contributed by atoms with E-state index in [4.69, 9.17) is 0 Å². The van der Waals surface area contributed by atoms with E-state index in [9.17, 15) is 21.1 Å². The first kappa shape index (κ1) is 11.8. The lowest BCUT2D eigenvalue weighted by molar-refractivity contribution is -0.0518. The molecule has 84 valence electrons. The number of hydrogen-bond donors (Lipinski definition) is 0. The molecule has 0 amide bonds. The van der Waals surface area contributed by atoms with Gasteiger partial charge in [0.1, 0.15) is 10.6 Å². The number of halogens is 3. The molecule has 1 aromatic rings. The maximum absolute atomic E-state index is 12.7. The Labute approximate surface area is 84.7 Å². The monoisotopic (exact) mass is 240 g/mol. The summed E-state index contributed by atoms with van der Waals surface area (Å²) in [5.74, 6) is -0.687. The number of rotatable bonds is 3. The number of benzene rings is 1. The van der Waals surface area contributed by atoms with E-state index in [2.05, 4.69) is 4.74 Å². The van der Waals surface area contributed by atoms with Gasteiger partial charge in [0.15, 0.2) is 0 Å². The standard InChI is InChI=1S/C8H7F3O3S/c1-5-3-2-4-6(14-8(9)10)7(5)15(11,12)13/h2-4,8H,1H3. The summed E-state index contributed by atoms with van der Waals surface area (Å²) < 4.78 is 61.7.